The second kappa shape index (κ2) is 8.79. The highest BCUT2D eigenvalue weighted by molar-refractivity contribution is 7.12. The van der Waals surface area contributed by atoms with Gasteiger partial charge in [0.15, 0.2) is 0 Å². The number of H-pyrrole nitrogens is 1. The van der Waals surface area contributed by atoms with Crippen LogP contribution in [0.4, 0.5) is 5.69 Å². The molecule has 158 valence electrons. The first-order valence-corrected chi connectivity index (χ1v) is 10.7. The smallest absolute Gasteiger partial charge is 0.277 e. The minimum absolute atomic E-state index is 0.0548. The Morgan fingerprint density at radius 2 is 2.03 bits per heavy atom. The molecule has 7 nitrogen and oxygen atoms in total. The average molecular weight is 455 g/mol. The number of nitrogens with one attached hydrogen (secondary N) is 2. The molecule has 0 fully saturated rings. The fourth-order valence-corrected chi connectivity index (χ4v) is 4.03. The van der Waals surface area contributed by atoms with Crippen molar-refractivity contribution in [2.24, 2.45) is 0 Å². The molecule has 2 heterocycles. The SMILES string of the molecule is COc1cccc(NC(=O)Cc2c(C)[nH]n(-c3nc(-c4ccc(Cl)cc4)cs3)c2=O)c1. The molecule has 0 saturated carbocycles. The maximum Gasteiger partial charge on any atom is 0.277 e. The lowest BCUT2D eigenvalue weighted by atomic mass is 10.2. The third-order valence-electron chi connectivity index (χ3n) is 4.71. The van der Waals surface area contributed by atoms with Gasteiger partial charge in [0.05, 0.1) is 19.2 Å². The predicted molar refractivity (Wildman–Crippen MR) is 123 cm³/mol. The van der Waals surface area contributed by atoms with Crippen molar-refractivity contribution in [1.29, 1.82) is 0 Å². The highest BCUT2D eigenvalue weighted by Gasteiger charge is 2.18. The maximum atomic E-state index is 12.9. The van der Waals surface area contributed by atoms with Crippen LogP contribution in [0, 0.1) is 6.92 Å². The summed E-state index contributed by atoms with van der Waals surface area (Å²) in [6.45, 7) is 1.76. The van der Waals surface area contributed by atoms with E-state index in [0.717, 1.165) is 11.3 Å². The zero-order valence-electron chi connectivity index (χ0n) is 16.8. The Kier molecular flexibility index (Phi) is 5.92. The minimum Gasteiger partial charge on any atom is -0.497 e. The number of hydrogen-bond donors (Lipinski definition) is 2. The van der Waals surface area contributed by atoms with Crippen molar-refractivity contribution < 1.29 is 9.53 Å². The van der Waals surface area contributed by atoms with E-state index < -0.39 is 0 Å². The maximum absolute atomic E-state index is 12.9. The molecule has 0 aliphatic heterocycles. The van der Waals surface area contributed by atoms with Gasteiger partial charge in [-0.25, -0.2) is 4.98 Å². The van der Waals surface area contributed by atoms with E-state index in [1.807, 2.05) is 17.5 Å². The summed E-state index contributed by atoms with van der Waals surface area (Å²) in [7, 11) is 1.56. The van der Waals surface area contributed by atoms with E-state index in [0.29, 0.717) is 32.8 Å². The Labute approximate surface area is 187 Å². The van der Waals surface area contributed by atoms with Crippen molar-refractivity contribution in [3.05, 3.63) is 80.5 Å². The van der Waals surface area contributed by atoms with Gasteiger partial charge in [0.1, 0.15) is 5.75 Å². The summed E-state index contributed by atoms with van der Waals surface area (Å²) in [5, 5.41) is 8.83. The van der Waals surface area contributed by atoms with Gasteiger partial charge >= 0.3 is 0 Å². The van der Waals surface area contributed by atoms with Crippen LogP contribution in [0.1, 0.15) is 11.3 Å². The van der Waals surface area contributed by atoms with Crippen LogP contribution < -0.4 is 15.6 Å². The van der Waals surface area contributed by atoms with Crippen LogP contribution in [0.3, 0.4) is 0 Å². The quantitative estimate of drug-likeness (QED) is 0.450. The predicted octanol–water partition coefficient (Wildman–Crippen LogP) is 4.44. The van der Waals surface area contributed by atoms with Gasteiger partial charge in [0.25, 0.3) is 5.56 Å². The molecule has 31 heavy (non-hydrogen) atoms. The van der Waals surface area contributed by atoms with E-state index in [2.05, 4.69) is 15.4 Å². The molecule has 2 aromatic carbocycles. The number of ether oxygens (including phenoxy) is 1. The highest BCUT2D eigenvalue weighted by Crippen LogP contribution is 2.25. The molecular formula is C22H19ClN4O3S. The second-order valence-electron chi connectivity index (χ2n) is 6.84. The highest BCUT2D eigenvalue weighted by atomic mass is 35.5. The summed E-state index contributed by atoms with van der Waals surface area (Å²) < 4.78 is 6.53. The Morgan fingerprint density at radius 3 is 2.77 bits per heavy atom. The number of benzene rings is 2. The number of aromatic amines is 1. The molecule has 0 spiro atoms. The lowest BCUT2D eigenvalue weighted by Gasteiger charge is -2.06. The number of nitrogens with zero attached hydrogens (tertiary/aromatic N) is 2. The van der Waals surface area contributed by atoms with Gasteiger partial charge in [-0.2, -0.15) is 4.68 Å². The van der Waals surface area contributed by atoms with Crippen molar-refractivity contribution in [2.75, 3.05) is 12.4 Å². The number of carbonyl (C=O) groups is 1. The summed E-state index contributed by atoms with van der Waals surface area (Å²) in [6, 6.07) is 14.4. The number of methoxy groups -OCH3 is 1. The van der Waals surface area contributed by atoms with Gasteiger partial charge in [0.2, 0.25) is 11.0 Å². The van der Waals surface area contributed by atoms with Gasteiger partial charge in [-0.3, -0.25) is 14.7 Å². The van der Waals surface area contributed by atoms with Crippen LogP contribution in [0.15, 0.2) is 58.7 Å². The third-order valence-corrected chi connectivity index (χ3v) is 5.79. The first kappa shape index (κ1) is 20.9. The molecule has 4 aromatic rings. The molecule has 0 aliphatic carbocycles. The summed E-state index contributed by atoms with van der Waals surface area (Å²) >= 11 is 7.28. The molecule has 1 amide bonds. The topological polar surface area (TPSA) is 89.0 Å². The van der Waals surface area contributed by atoms with Crippen molar-refractivity contribution in [3.8, 4) is 22.1 Å². The molecule has 9 heteroatoms. The molecule has 2 N–H and O–H groups in total. The normalized spacial score (nSPS) is 10.8. The second-order valence-corrected chi connectivity index (χ2v) is 8.11. The lowest BCUT2D eigenvalue weighted by molar-refractivity contribution is -0.115. The van der Waals surface area contributed by atoms with E-state index in [1.165, 1.54) is 16.0 Å². The largest absolute Gasteiger partial charge is 0.497 e. The standard InChI is InChI=1S/C22H19ClN4O3S/c1-13-18(11-20(28)24-16-4-3-5-17(10-16)30-2)21(29)27(26-13)22-25-19(12-31-22)14-6-8-15(23)9-7-14/h3-10,12,26H,11H2,1-2H3,(H,24,28). The Balaban J connectivity index is 1.54. The molecule has 0 atom stereocenters. The van der Waals surface area contributed by atoms with E-state index >= 15 is 0 Å². The van der Waals surface area contributed by atoms with Crippen LogP contribution in [0.5, 0.6) is 5.75 Å². The molecule has 4 rings (SSSR count). The minimum atomic E-state index is -0.296. The van der Waals surface area contributed by atoms with E-state index in [9.17, 15) is 9.59 Å². The average Bonchev–Trinajstić information content (AvgIpc) is 3.35. The van der Waals surface area contributed by atoms with Crippen LogP contribution in [-0.4, -0.2) is 27.8 Å². The van der Waals surface area contributed by atoms with E-state index in [4.69, 9.17) is 16.3 Å². The molecule has 0 radical (unpaired) electrons. The first-order chi connectivity index (χ1) is 14.9. The number of rotatable bonds is 6. The fraction of sp³-hybridized carbons (Fsp3) is 0.136. The number of aromatic nitrogens is 3. The van der Waals surface area contributed by atoms with E-state index in [1.54, 1.807) is 50.4 Å². The van der Waals surface area contributed by atoms with Crippen molar-refractivity contribution >= 4 is 34.5 Å². The number of thiazole rings is 1. The van der Waals surface area contributed by atoms with Gasteiger partial charge in [-0.15, -0.1) is 11.3 Å². The van der Waals surface area contributed by atoms with E-state index in [-0.39, 0.29) is 17.9 Å². The van der Waals surface area contributed by atoms with Crippen molar-refractivity contribution in [3.63, 3.8) is 0 Å². The summed E-state index contributed by atoms with van der Waals surface area (Å²) in [4.78, 5) is 30.0. The summed E-state index contributed by atoms with van der Waals surface area (Å²) in [6.07, 6.45) is -0.0548. The van der Waals surface area contributed by atoms with Crippen LogP contribution in [-0.2, 0) is 11.2 Å². The monoisotopic (exact) mass is 454 g/mol. The third kappa shape index (κ3) is 4.55. The molecular weight excluding hydrogens is 436 g/mol. The van der Waals surface area contributed by atoms with Gasteiger partial charge in [-0.1, -0.05) is 29.8 Å². The summed E-state index contributed by atoms with van der Waals surface area (Å²) in [5.74, 6) is 0.346. The number of halogens is 1. The zero-order valence-corrected chi connectivity index (χ0v) is 18.4. The molecule has 0 unspecified atom stereocenters. The first-order valence-electron chi connectivity index (χ1n) is 9.41. The van der Waals surface area contributed by atoms with Gasteiger partial charge in [0, 0.05) is 39.0 Å². The lowest BCUT2D eigenvalue weighted by Crippen LogP contribution is -2.22. The molecule has 0 aliphatic rings. The number of carbonyl (C=O) groups excluding carboxylic acids is 1. The molecule has 0 bridgehead atoms. The molecule has 0 saturated heterocycles. The van der Waals surface area contributed by atoms with Gasteiger partial charge < -0.3 is 10.1 Å². The van der Waals surface area contributed by atoms with Crippen LogP contribution in [0.2, 0.25) is 5.02 Å². The Bertz CT molecular complexity index is 1290. The Morgan fingerprint density at radius 1 is 1.26 bits per heavy atom. The number of amides is 1. The van der Waals surface area contributed by atoms with Gasteiger partial charge in [-0.05, 0) is 31.2 Å². The van der Waals surface area contributed by atoms with Crippen LogP contribution in [0.25, 0.3) is 16.4 Å². The number of anilines is 1. The van der Waals surface area contributed by atoms with Crippen molar-refractivity contribution in [1.82, 2.24) is 14.8 Å². The number of aryl methyl sites for hydroxylation is 1. The summed E-state index contributed by atoms with van der Waals surface area (Å²) in [5.41, 5.74) is 2.97. The van der Waals surface area contributed by atoms with Crippen molar-refractivity contribution in [2.45, 2.75) is 13.3 Å². The Hall–Kier alpha value is -3.36. The molecule has 2 aromatic heterocycles. The zero-order chi connectivity index (χ0) is 22.0. The fourth-order valence-electron chi connectivity index (χ4n) is 3.11. The van der Waals surface area contributed by atoms with Crippen LogP contribution >= 0.6 is 22.9 Å². The number of hydrogen-bond acceptors (Lipinski definition) is 5.